The van der Waals surface area contributed by atoms with Crippen LogP contribution in [0, 0.1) is 6.92 Å². The average Bonchev–Trinajstić information content (AvgIpc) is 2.69. The van der Waals surface area contributed by atoms with Crippen molar-refractivity contribution in [2.24, 2.45) is 0 Å². The average molecular weight is 487 g/mol. The highest BCUT2D eigenvalue weighted by molar-refractivity contribution is 8.02. The smallest absolute Gasteiger partial charge is 0.383 e. The lowest BCUT2D eigenvalue weighted by atomic mass is 10.2. The lowest BCUT2D eigenvalue weighted by Gasteiger charge is -2.22. The molecule has 0 spiro atoms. The lowest BCUT2D eigenvalue weighted by molar-refractivity contribution is -0.116. The summed E-state index contributed by atoms with van der Waals surface area (Å²) in [5, 5.41) is 0.606. The minimum Gasteiger partial charge on any atom is -0.383 e. The largest absolute Gasteiger partial charge is 0.469 e. The number of hydrogen-bond acceptors (Lipinski definition) is 7. The Bertz CT molecular complexity index is 1000. The predicted molar refractivity (Wildman–Crippen MR) is 121 cm³/mol. The minimum absolute atomic E-state index is 0.155. The van der Waals surface area contributed by atoms with Crippen LogP contribution in [0.25, 0.3) is 0 Å². The molecule has 168 valence electrons. The number of aryl methyl sites for hydroxylation is 1. The first kappa shape index (κ1) is 25.3. The summed E-state index contributed by atoms with van der Waals surface area (Å²) in [6.07, 6.45) is 2.43. The van der Waals surface area contributed by atoms with Crippen molar-refractivity contribution in [1.82, 2.24) is 14.9 Å². The Labute approximate surface area is 189 Å². The maximum Gasteiger partial charge on any atom is 0.469 e. The summed E-state index contributed by atoms with van der Waals surface area (Å²) in [7, 11) is -4.60. The van der Waals surface area contributed by atoms with Gasteiger partial charge < -0.3 is 20.4 Å². The molecular weight excluding hydrogens is 463 g/mol. The summed E-state index contributed by atoms with van der Waals surface area (Å²) in [6.45, 7) is 3.41. The lowest BCUT2D eigenvalue weighted by Crippen LogP contribution is -2.22. The van der Waals surface area contributed by atoms with E-state index in [0.717, 1.165) is 10.5 Å². The zero-order valence-corrected chi connectivity index (χ0v) is 19.5. The molecule has 0 fully saturated rings. The molecule has 0 saturated carbocycles. The van der Waals surface area contributed by atoms with E-state index in [1.165, 1.54) is 16.7 Å². The summed E-state index contributed by atoms with van der Waals surface area (Å²) in [5.41, 5.74) is 8.10. The van der Waals surface area contributed by atoms with Gasteiger partial charge in [-0.1, -0.05) is 23.7 Å². The second kappa shape index (κ2) is 11.6. The standard InChI is InChI=1S/C19H24ClN4O5PS/c1-13(24(12-25)10-16-9-22-14(2)23-19(16)21)18(6-7-29-30(26,27)28)31-11-15-4-3-5-17(20)8-15/h3-5,8-9,12H,6-7,10-11H2,1-2H3,(H2,21,22,23)(H2,26,27,28)/b18-13-. The molecule has 31 heavy (non-hydrogen) atoms. The normalized spacial score (nSPS) is 12.4. The quantitative estimate of drug-likeness (QED) is 0.320. The van der Waals surface area contributed by atoms with Gasteiger partial charge in [0.2, 0.25) is 6.41 Å². The van der Waals surface area contributed by atoms with E-state index >= 15 is 0 Å². The molecule has 0 bridgehead atoms. The van der Waals surface area contributed by atoms with E-state index in [0.29, 0.717) is 34.3 Å². The van der Waals surface area contributed by atoms with Crippen LogP contribution in [-0.2, 0) is 26.2 Å². The molecule has 0 aliphatic rings. The Morgan fingerprint density at radius 1 is 1.42 bits per heavy atom. The molecule has 1 aromatic carbocycles. The van der Waals surface area contributed by atoms with E-state index in [4.69, 9.17) is 27.1 Å². The van der Waals surface area contributed by atoms with Gasteiger partial charge in [0.1, 0.15) is 11.6 Å². The highest BCUT2D eigenvalue weighted by Crippen LogP contribution is 2.37. The van der Waals surface area contributed by atoms with Crippen molar-refractivity contribution >= 4 is 43.4 Å². The van der Waals surface area contributed by atoms with Gasteiger partial charge in [-0.05, 0) is 31.5 Å². The number of carbonyl (C=O) groups excluding carboxylic acids is 1. The van der Waals surface area contributed by atoms with E-state index in [1.54, 1.807) is 26.1 Å². The van der Waals surface area contributed by atoms with Crippen molar-refractivity contribution in [1.29, 1.82) is 0 Å². The van der Waals surface area contributed by atoms with E-state index in [-0.39, 0.29) is 25.4 Å². The number of benzene rings is 1. The van der Waals surface area contributed by atoms with Crippen LogP contribution in [0.2, 0.25) is 5.02 Å². The molecule has 0 saturated heterocycles. The molecule has 0 aliphatic carbocycles. The molecule has 0 atom stereocenters. The summed E-state index contributed by atoms with van der Waals surface area (Å²) >= 11 is 7.47. The Balaban J connectivity index is 2.24. The molecule has 2 aromatic rings. The maximum absolute atomic E-state index is 11.8. The molecule has 0 aliphatic heterocycles. The number of hydrogen-bond donors (Lipinski definition) is 3. The highest BCUT2D eigenvalue weighted by Gasteiger charge is 2.17. The number of nitrogens with zero attached hydrogens (tertiary/aromatic N) is 3. The SMILES string of the molecule is C/C(=C(\CCOP(=O)(O)O)SCc1cccc(Cl)c1)N(C=O)Cc1cnc(C)nc1N. The minimum atomic E-state index is -4.60. The van der Waals surface area contributed by atoms with Gasteiger partial charge in [-0.15, -0.1) is 11.8 Å². The van der Waals surface area contributed by atoms with Crippen LogP contribution in [0.4, 0.5) is 5.82 Å². The molecule has 2 rings (SSSR count). The first-order valence-corrected chi connectivity index (χ1v) is 12.1. The molecule has 9 nitrogen and oxygen atoms in total. The number of allylic oxidation sites excluding steroid dienone is 1. The Morgan fingerprint density at radius 3 is 2.77 bits per heavy atom. The van der Waals surface area contributed by atoms with Crippen LogP contribution >= 0.6 is 31.2 Å². The number of carbonyl (C=O) groups is 1. The fourth-order valence-corrected chi connectivity index (χ4v) is 4.24. The molecule has 1 heterocycles. The zero-order chi connectivity index (χ0) is 23.0. The van der Waals surface area contributed by atoms with Crippen LogP contribution < -0.4 is 5.73 Å². The van der Waals surface area contributed by atoms with E-state index in [1.807, 2.05) is 18.2 Å². The zero-order valence-electron chi connectivity index (χ0n) is 17.1. The van der Waals surface area contributed by atoms with Gasteiger partial charge in [0, 0.05) is 39.6 Å². The van der Waals surface area contributed by atoms with E-state index < -0.39 is 7.82 Å². The van der Waals surface area contributed by atoms with Gasteiger partial charge >= 0.3 is 7.82 Å². The monoisotopic (exact) mass is 486 g/mol. The molecule has 12 heteroatoms. The number of aromatic nitrogens is 2. The number of thioether (sulfide) groups is 1. The van der Waals surface area contributed by atoms with Crippen LogP contribution in [0.1, 0.15) is 30.3 Å². The number of nitrogens with two attached hydrogens (primary N) is 1. The summed E-state index contributed by atoms with van der Waals surface area (Å²) in [4.78, 5) is 40.2. The van der Waals surface area contributed by atoms with Crippen molar-refractivity contribution in [3.05, 3.63) is 63.0 Å². The molecular formula is C19H24ClN4O5PS. The first-order chi connectivity index (χ1) is 14.6. The molecule has 1 amide bonds. The summed E-state index contributed by atoms with van der Waals surface area (Å²) < 4.78 is 15.6. The number of rotatable bonds is 11. The van der Waals surface area contributed by atoms with Gasteiger partial charge in [0.25, 0.3) is 0 Å². The van der Waals surface area contributed by atoms with Crippen LogP contribution in [0.3, 0.4) is 0 Å². The summed E-state index contributed by atoms with van der Waals surface area (Å²) in [5.74, 6) is 1.36. The van der Waals surface area contributed by atoms with Crippen molar-refractivity contribution in [3.8, 4) is 0 Å². The number of phosphoric ester groups is 1. The fourth-order valence-electron chi connectivity index (χ4n) is 2.62. The molecule has 0 unspecified atom stereocenters. The number of halogens is 1. The third-order valence-electron chi connectivity index (χ3n) is 4.21. The van der Waals surface area contributed by atoms with Gasteiger partial charge in [0.15, 0.2) is 0 Å². The van der Waals surface area contributed by atoms with Crippen molar-refractivity contribution in [2.45, 2.75) is 32.6 Å². The highest BCUT2D eigenvalue weighted by atomic mass is 35.5. The molecule has 4 N–H and O–H groups in total. The Hall–Kier alpha value is -1.94. The number of anilines is 1. The maximum atomic E-state index is 11.8. The number of amides is 1. The topological polar surface area (TPSA) is 139 Å². The number of nitrogen functional groups attached to an aromatic ring is 1. The second-order valence-corrected chi connectivity index (χ2v) is 9.31. The Kier molecular flexibility index (Phi) is 9.49. The van der Waals surface area contributed by atoms with Crippen LogP contribution in [-0.4, -0.2) is 37.7 Å². The number of phosphoric acid groups is 1. The van der Waals surface area contributed by atoms with Crippen molar-refractivity contribution in [2.75, 3.05) is 12.3 Å². The summed E-state index contributed by atoms with van der Waals surface area (Å²) in [6, 6.07) is 7.35. The fraction of sp³-hybridized carbons (Fsp3) is 0.316. The Morgan fingerprint density at radius 2 is 2.16 bits per heavy atom. The predicted octanol–water partition coefficient (Wildman–Crippen LogP) is 3.64. The third kappa shape index (κ3) is 8.60. The van der Waals surface area contributed by atoms with Crippen molar-refractivity contribution in [3.63, 3.8) is 0 Å². The van der Waals surface area contributed by atoms with Crippen LogP contribution in [0.5, 0.6) is 0 Å². The van der Waals surface area contributed by atoms with Gasteiger partial charge in [-0.2, -0.15) is 0 Å². The van der Waals surface area contributed by atoms with Gasteiger partial charge in [0.05, 0.1) is 13.2 Å². The van der Waals surface area contributed by atoms with E-state index in [9.17, 15) is 9.36 Å². The third-order valence-corrected chi connectivity index (χ3v) is 6.29. The van der Waals surface area contributed by atoms with Crippen LogP contribution in [0.15, 0.2) is 41.1 Å². The van der Waals surface area contributed by atoms with Gasteiger partial charge in [-0.3, -0.25) is 9.32 Å². The molecule has 0 radical (unpaired) electrons. The molecule has 1 aromatic heterocycles. The van der Waals surface area contributed by atoms with E-state index in [2.05, 4.69) is 14.5 Å². The van der Waals surface area contributed by atoms with Gasteiger partial charge in [-0.25, -0.2) is 14.5 Å². The van der Waals surface area contributed by atoms with Crippen molar-refractivity contribution < 1.29 is 23.7 Å². The second-order valence-electron chi connectivity index (χ2n) is 6.56. The first-order valence-electron chi connectivity index (χ1n) is 9.16.